The number of aliphatic hydroxyl groups is 1. The summed E-state index contributed by atoms with van der Waals surface area (Å²) in [4.78, 5) is 0. The number of aliphatic hydroxyl groups excluding tert-OH is 1. The van der Waals surface area contributed by atoms with Gasteiger partial charge in [0.15, 0.2) is 6.29 Å². The lowest BCUT2D eigenvalue weighted by Gasteiger charge is -2.62. The van der Waals surface area contributed by atoms with Crippen molar-refractivity contribution in [1.29, 1.82) is 0 Å². The van der Waals surface area contributed by atoms with E-state index >= 15 is 0 Å². The molecule has 3 fully saturated rings. The highest BCUT2D eigenvalue weighted by atomic mass is 16.7. The van der Waals surface area contributed by atoms with E-state index in [0.29, 0.717) is 34.7 Å². The fourth-order valence-electron chi connectivity index (χ4n) is 10.4. The van der Waals surface area contributed by atoms with Gasteiger partial charge in [0.25, 0.3) is 0 Å². The summed E-state index contributed by atoms with van der Waals surface area (Å²) in [6.07, 6.45) is 12.4. The zero-order valence-electron chi connectivity index (χ0n) is 23.4. The monoisotopic (exact) mass is 472 g/mol. The van der Waals surface area contributed by atoms with E-state index in [1.165, 1.54) is 57.8 Å². The lowest BCUT2D eigenvalue weighted by molar-refractivity contribution is -0.223. The molecular formula is C31H52O3. The lowest BCUT2D eigenvalue weighted by atomic mass is 9.43. The van der Waals surface area contributed by atoms with Crippen LogP contribution < -0.4 is 0 Å². The molecule has 0 unspecified atom stereocenters. The van der Waals surface area contributed by atoms with Gasteiger partial charge in [0.05, 0.1) is 12.2 Å². The van der Waals surface area contributed by atoms with Gasteiger partial charge in [0.1, 0.15) is 0 Å². The van der Waals surface area contributed by atoms with Crippen LogP contribution in [0.15, 0.2) is 11.1 Å². The number of fused-ring (bicyclic) bond motifs is 4. The van der Waals surface area contributed by atoms with Crippen molar-refractivity contribution in [3.63, 3.8) is 0 Å². The molecule has 34 heavy (non-hydrogen) atoms. The average Bonchev–Trinajstić information content (AvgIpc) is 3.08. The van der Waals surface area contributed by atoms with Crippen molar-refractivity contribution < 1.29 is 14.6 Å². The molecule has 5 rings (SSSR count). The minimum Gasteiger partial charge on any atom is -0.393 e. The quantitative estimate of drug-likeness (QED) is 0.432. The van der Waals surface area contributed by atoms with Gasteiger partial charge in [-0.25, -0.2) is 0 Å². The van der Waals surface area contributed by atoms with Crippen LogP contribution in [0.25, 0.3) is 0 Å². The first kappa shape index (κ1) is 25.3. The van der Waals surface area contributed by atoms with Gasteiger partial charge >= 0.3 is 0 Å². The first-order chi connectivity index (χ1) is 15.9. The maximum absolute atomic E-state index is 10.9. The summed E-state index contributed by atoms with van der Waals surface area (Å²) in [6, 6.07) is 0. The minimum absolute atomic E-state index is 0.0211. The molecule has 0 bridgehead atoms. The van der Waals surface area contributed by atoms with Crippen molar-refractivity contribution in [2.75, 3.05) is 7.11 Å². The first-order valence-corrected chi connectivity index (χ1v) is 14.5. The number of ether oxygens (including phenoxy) is 2. The fraction of sp³-hybridized carbons (Fsp3) is 0.935. The normalized spacial score (nSPS) is 51.4. The van der Waals surface area contributed by atoms with Crippen molar-refractivity contribution in [3.8, 4) is 0 Å². The molecule has 1 aliphatic heterocycles. The molecule has 1 heterocycles. The largest absolute Gasteiger partial charge is 0.393 e. The van der Waals surface area contributed by atoms with Crippen LogP contribution in [-0.2, 0) is 9.47 Å². The molecule has 194 valence electrons. The predicted octanol–water partition coefficient (Wildman–Crippen LogP) is 7.52. The molecular weight excluding hydrogens is 420 g/mol. The molecule has 5 aliphatic rings. The Morgan fingerprint density at radius 3 is 2.35 bits per heavy atom. The van der Waals surface area contributed by atoms with Crippen molar-refractivity contribution in [1.82, 2.24) is 0 Å². The molecule has 0 aromatic rings. The first-order valence-electron chi connectivity index (χ1n) is 14.5. The molecule has 2 saturated carbocycles. The topological polar surface area (TPSA) is 38.7 Å². The maximum Gasteiger partial charge on any atom is 0.160 e. The van der Waals surface area contributed by atoms with Crippen LogP contribution >= 0.6 is 0 Å². The Labute approximate surface area is 209 Å². The molecule has 3 heteroatoms. The van der Waals surface area contributed by atoms with Crippen LogP contribution in [0.4, 0.5) is 0 Å². The minimum atomic E-state index is -0.150. The van der Waals surface area contributed by atoms with Gasteiger partial charge in [-0.15, -0.1) is 0 Å². The lowest BCUT2D eigenvalue weighted by Crippen LogP contribution is -2.55. The number of methoxy groups -OCH3 is 1. The molecule has 0 spiro atoms. The van der Waals surface area contributed by atoms with Gasteiger partial charge in [0.2, 0.25) is 0 Å². The Morgan fingerprint density at radius 1 is 0.912 bits per heavy atom. The van der Waals surface area contributed by atoms with Gasteiger partial charge < -0.3 is 14.6 Å². The summed E-state index contributed by atoms with van der Waals surface area (Å²) in [5, 5.41) is 10.9. The SMILES string of the molecule is CO[C@H]1O[C@H]([C@@H](C)[C@H]2CC[C@@]3(C)C4=C(CC[C@]23C)[C@@]2(C)CC[C@@H](O)C(C)(C)[C@@H]2CC4)CC[C@H]1C. The highest BCUT2D eigenvalue weighted by molar-refractivity contribution is 5.38. The zero-order chi connectivity index (χ0) is 24.7. The summed E-state index contributed by atoms with van der Waals surface area (Å²) in [5.41, 5.74) is 4.63. The van der Waals surface area contributed by atoms with Gasteiger partial charge in [-0.1, -0.05) is 59.6 Å². The Balaban J connectivity index is 1.44. The van der Waals surface area contributed by atoms with Crippen LogP contribution in [0.5, 0.6) is 0 Å². The van der Waals surface area contributed by atoms with E-state index < -0.39 is 0 Å². The molecule has 10 atom stereocenters. The molecule has 1 N–H and O–H groups in total. The van der Waals surface area contributed by atoms with Crippen LogP contribution in [0.2, 0.25) is 0 Å². The van der Waals surface area contributed by atoms with Gasteiger partial charge in [0, 0.05) is 13.0 Å². The second-order valence-corrected chi connectivity index (χ2v) is 14.4. The van der Waals surface area contributed by atoms with E-state index in [1.807, 2.05) is 11.1 Å². The van der Waals surface area contributed by atoms with Crippen LogP contribution in [0, 0.1) is 45.3 Å². The van der Waals surface area contributed by atoms with E-state index in [1.54, 1.807) is 7.11 Å². The van der Waals surface area contributed by atoms with Crippen molar-refractivity contribution >= 4 is 0 Å². The van der Waals surface area contributed by atoms with Crippen LogP contribution in [-0.4, -0.2) is 30.7 Å². The van der Waals surface area contributed by atoms with Crippen LogP contribution in [0.1, 0.15) is 113 Å². The highest BCUT2D eigenvalue weighted by Gasteiger charge is 2.63. The van der Waals surface area contributed by atoms with Crippen molar-refractivity contribution in [2.45, 2.75) is 131 Å². The predicted molar refractivity (Wildman–Crippen MR) is 138 cm³/mol. The van der Waals surface area contributed by atoms with E-state index in [2.05, 4.69) is 48.5 Å². The number of rotatable bonds is 3. The van der Waals surface area contributed by atoms with Gasteiger partial charge in [-0.05, 0) is 104 Å². The molecule has 0 amide bonds. The smallest absolute Gasteiger partial charge is 0.160 e. The number of allylic oxidation sites excluding steroid dienone is 2. The third kappa shape index (κ3) is 3.31. The second kappa shape index (κ2) is 8.32. The van der Waals surface area contributed by atoms with Crippen molar-refractivity contribution in [3.05, 3.63) is 11.1 Å². The zero-order valence-corrected chi connectivity index (χ0v) is 23.4. The Kier molecular flexibility index (Phi) is 6.18. The third-order valence-corrected chi connectivity index (χ3v) is 12.9. The molecule has 1 saturated heterocycles. The molecule has 4 aliphatic carbocycles. The summed E-state index contributed by atoms with van der Waals surface area (Å²) >= 11 is 0. The summed E-state index contributed by atoms with van der Waals surface area (Å²) in [7, 11) is 1.81. The third-order valence-electron chi connectivity index (χ3n) is 12.9. The van der Waals surface area contributed by atoms with Gasteiger partial charge in [-0.2, -0.15) is 0 Å². The highest BCUT2D eigenvalue weighted by Crippen LogP contribution is 2.72. The average molecular weight is 473 g/mol. The Hall–Kier alpha value is -0.380. The summed E-state index contributed by atoms with van der Waals surface area (Å²) < 4.78 is 12.3. The Bertz CT molecular complexity index is 831. The maximum atomic E-state index is 10.9. The number of hydrogen-bond acceptors (Lipinski definition) is 3. The number of hydrogen-bond donors (Lipinski definition) is 1. The summed E-state index contributed by atoms with van der Waals surface area (Å²) in [6.45, 7) is 17.3. The van der Waals surface area contributed by atoms with E-state index in [0.717, 1.165) is 12.3 Å². The summed E-state index contributed by atoms with van der Waals surface area (Å²) in [5.74, 6) is 2.40. The van der Waals surface area contributed by atoms with E-state index in [9.17, 15) is 5.11 Å². The van der Waals surface area contributed by atoms with Crippen molar-refractivity contribution in [2.24, 2.45) is 45.3 Å². The van der Waals surface area contributed by atoms with E-state index in [-0.39, 0.29) is 23.2 Å². The fourth-order valence-corrected chi connectivity index (χ4v) is 10.4. The van der Waals surface area contributed by atoms with E-state index in [4.69, 9.17) is 9.47 Å². The standard InChI is InChI=1S/C31H52O3/c1-19-9-11-24(34-27(19)33-8)20(2)21-13-17-31(7)23-10-12-25-28(3,4)26(32)15-16-29(25,5)22(23)14-18-30(21,31)6/h19-21,24-27,32H,9-18H2,1-8H3/t19-,20+,21-,24+,25+,26-,27+,29-,30-,31+/m1/s1. The molecule has 0 radical (unpaired) electrons. The van der Waals surface area contributed by atoms with Gasteiger partial charge in [-0.3, -0.25) is 0 Å². The second-order valence-electron chi connectivity index (χ2n) is 14.4. The molecule has 3 nitrogen and oxygen atoms in total. The van der Waals surface area contributed by atoms with Crippen LogP contribution in [0.3, 0.4) is 0 Å². The molecule has 0 aromatic carbocycles. The Morgan fingerprint density at radius 2 is 1.65 bits per heavy atom. The molecule has 0 aromatic heterocycles.